The van der Waals surface area contributed by atoms with Gasteiger partial charge in [-0.3, -0.25) is 4.98 Å². The van der Waals surface area contributed by atoms with Crippen LogP contribution in [0.2, 0.25) is 0 Å². The fraction of sp³-hybridized carbons (Fsp3) is 0.586. The molecule has 1 aromatic carbocycles. The summed E-state index contributed by atoms with van der Waals surface area (Å²) in [6.07, 6.45) is 6.61. The molecule has 1 unspecified atom stereocenters. The van der Waals surface area contributed by atoms with Crippen LogP contribution in [0, 0.1) is 5.92 Å². The van der Waals surface area contributed by atoms with E-state index in [4.69, 9.17) is 19.2 Å². The predicted molar refractivity (Wildman–Crippen MR) is 143 cm³/mol. The molecular formula is C29H38N2O4S. The summed E-state index contributed by atoms with van der Waals surface area (Å²) >= 11 is 1.97. The molecule has 1 amide bonds. The topological polar surface area (TPSA) is 60.9 Å². The van der Waals surface area contributed by atoms with Gasteiger partial charge in [-0.25, -0.2) is 4.79 Å². The molecule has 4 heterocycles. The average Bonchev–Trinajstić information content (AvgIpc) is 3.37. The van der Waals surface area contributed by atoms with Gasteiger partial charge in [-0.15, -0.1) is 0 Å². The third kappa shape index (κ3) is 6.17. The van der Waals surface area contributed by atoms with Gasteiger partial charge in [0.05, 0.1) is 12.3 Å². The number of carbonyl (C=O) groups is 1. The fourth-order valence-electron chi connectivity index (χ4n) is 5.19. The molecule has 1 spiro atoms. The zero-order chi connectivity index (χ0) is 25.2. The van der Waals surface area contributed by atoms with Crippen LogP contribution in [0.15, 0.2) is 36.5 Å². The number of fused-ring (bicyclic) bond motifs is 1. The number of piperidine rings is 1. The summed E-state index contributed by atoms with van der Waals surface area (Å²) in [7, 11) is 0. The number of benzene rings is 1. The van der Waals surface area contributed by atoms with Crippen molar-refractivity contribution in [3.63, 3.8) is 0 Å². The monoisotopic (exact) mass is 510 g/mol. The second-order valence-electron chi connectivity index (χ2n) is 11.4. The number of ether oxygens (including phenoxy) is 3. The third-order valence-electron chi connectivity index (χ3n) is 7.33. The van der Waals surface area contributed by atoms with Crippen LogP contribution in [0.4, 0.5) is 4.79 Å². The van der Waals surface area contributed by atoms with E-state index in [1.165, 1.54) is 17.5 Å². The maximum atomic E-state index is 12.4. The Balaban J connectivity index is 1.16. The molecule has 7 heteroatoms. The Hall–Kier alpha value is -2.25. The lowest BCUT2D eigenvalue weighted by Crippen LogP contribution is -2.52. The minimum absolute atomic E-state index is 0.185. The van der Waals surface area contributed by atoms with Crippen molar-refractivity contribution in [2.24, 2.45) is 5.92 Å². The predicted octanol–water partition coefficient (Wildman–Crippen LogP) is 6.11. The van der Waals surface area contributed by atoms with Gasteiger partial charge in [0, 0.05) is 50.1 Å². The molecule has 0 saturated carbocycles. The molecule has 2 aromatic rings. The Labute approximate surface area is 219 Å². The first-order valence-corrected chi connectivity index (χ1v) is 14.3. The average molecular weight is 511 g/mol. The molecule has 0 radical (unpaired) electrons. The van der Waals surface area contributed by atoms with Gasteiger partial charge in [-0.05, 0) is 87.1 Å². The number of nitrogens with zero attached hydrogens (tertiary/aromatic N) is 2. The first-order valence-electron chi connectivity index (χ1n) is 13.2. The number of aromatic nitrogens is 1. The van der Waals surface area contributed by atoms with Crippen LogP contribution in [0.5, 0.6) is 5.75 Å². The summed E-state index contributed by atoms with van der Waals surface area (Å²) in [5.41, 5.74) is 3.99. The molecule has 6 nitrogen and oxygen atoms in total. The number of aryl methyl sites for hydroxylation is 1. The Morgan fingerprint density at radius 2 is 2.03 bits per heavy atom. The zero-order valence-electron chi connectivity index (χ0n) is 21.8. The van der Waals surface area contributed by atoms with Gasteiger partial charge < -0.3 is 19.1 Å². The minimum atomic E-state index is -0.469. The van der Waals surface area contributed by atoms with E-state index >= 15 is 0 Å². The van der Waals surface area contributed by atoms with Crippen LogP contribution in [-0.2, 0) is 21.6 Å². The number of carbonyl (C=O) groups excluding carboxylic acids is 1. The highest BCUT2D eigenvalue weighted by molar-refractivity contribution is 7.98. The van der Waals surface area contributed by atoms with Gasteiger partial charge in [0.2, 0.25) is 0 Å². The van der Waals surface area contributed by atoms with Crippen molar-refractivity contribution in [3.8, 4) is 17.0 Å². The minimum Gasteiger partial charge on any atom is -0.487 e. The van der Waals surface area contributed by atoms with E-state index in [1.54, 1.807) is 0 Å². The smallest absolute Gasteiger partial charge is 0.410 e. The van der Waals surface area contributed by atoms with Gasteiger partial charge in [-0.2, -0.15) is 11.8 Å². The van der Waals surface area contributed by atoms with Crippen LogP contribution in [0.1, 0.15) is 57.6 Å². The summed E-state index contributed by atoms with van der Waals surface area (Å²) in [5, 5.41) is 0. The Morgan fingerprint density at radius 1 is 1.19 bits per heavy atom. The van der Waals surface area contributed by atoms with Crippen molar-refractivity contribution in [1.82, 2.24) is 9.88 Å². The highest BCUT2D eigenvalue weighted by Gasteiger charge is 2.41. The third-order valence-corrected chi connectivity index (χ3v) is 8.57. The first kappa shape index (κ1) is 25.4. The molecule has 0 aliphatic carbocycles. The molecule has 0 bridgehead atoms. The number of likely N-dealkylation sites (tertiary alicyclic amines) is 1. The molecule has 0 N–H and O–H groups in total. The van der Waals surface area contributed by atoms with Gasteiger partial charge in [-0.1, -0.05) is 6.07 Å². The Bertz CT molecular complexity index is 1050. The highest BCUT2D eigenvalue weighted by Crippen LogP contribution is 2.41. The van der Waals surface area contributed by atoms with E-state index in [0.717, 1.165) is 67.4 Å². The molecule has 5 rings (SSSR count). The lowest BCUT2D eigenvalue weighted by atomic mass is 9.83. The van der Waals surface area contributed by atoms with Crippen molar-refractivity contribution in [2.45, 2.75) is 69.8 Å². The second kappa shape index (κ2) is 10.6. The molecular weight excluding hydrogens is 472 g/mol. The molecule has 1 aromatic heterocycles. The molecule has 36 heavy (non-hydrogen) atoms. The van der Waals surface area contributed by atoms with Crippen LogP contribution < -0.4 is 4.74 Å². The Kier molecular flexibility index (Phi) is 7.49. The van der Waals surface area contributed by atoms with Crippen LogP contribution in [0.3, 0.4) is 0 Å². The van der Waals surface area contributed by atoms with Crippen molar-refractivity contribution >= 4 is 17.9 Å². The first-order chi connectivity index (χ1) is 17.3. The SMILES string of the molecule is CC(C)(C)OC(=O)N1CCC2(CCc3cc(-c4ccc(CSCC5CCOC5)cn4)ccc3O2)CC1. The maximum Gasteiger partial charge on any atom is 0.410 e. The van der Waals surface area contributed by atoms with E-state index < -0.39 is 5.60 Å². The van der Waals surface area contributed by atoms with E-state index in [-0.39, 0.29) is 11.7 Å². The summed E-state index contributed by atoms with van der Waals surface area (Å²) in [4.78, 5) is 19.0. The standard InChI is InChI=1S/C29H38N2O4S/c1-28(2,3)35-27(32)31-13-11-29(12-14-31)10-8-24-16-23(5-7-26(24)34-29)25-6-4-21(17-30-25)19-36-20-22-9-15-33-18-22/h4-7,16-17,22H,8-15,18-20H2,1-3H3. The van der Waals surface area contributed by atoms with Crippen molar-refractivity contribution in [1.29, 1.82) is 0 Å². The summed E-state index contributed by atoms with van der Waals surface area (Å²) < 4.78 is 17.6. The zero-order valence-corrected chi connectivity index (χ0v) is 22.6. The quantitative estimate of drug-likeness (QED) is 0.483. The van der Waals surface area contributed by atoms with Crippen molar-refractivity contribution in [3.05, 3.63) is 47.7 Å². The number of thioether (sulfide) groups is 1. The molecule has 3 aliphatic rings. The number of hydrogen-bond acceptors (Lipinski definition) is 6. The number of hydrogen-bond donors (Lipinski definition) is 0. The lowest BCUT2D eigenvalue weighted by Gasteiger charge is -2.44. The normalized spacial score (nSPS) is 21.2. The summed E-state index contributed by atoms with van der Waals surface area (Å²) in [5.74, 6) is 3.83. The van der Waals surface area contributed by atoms with Crippen molar-refractivity contribution < 1.29 is 19.0 Å². The fourth-order valence-corrected chi connectivity index (χ4v) is 6.32. The number of rotatable bonds is 5. The molecule has 2 fully saturated rings. The summed E-state index contributed by atoms with van der Waals surface area (Å²) in [6.45, 7) is 8.89. The molecule has 194 valence electrons. The molecule has 3 aliphatic heterocycles. The number of pyridine rings is 1. The van der Waals surface area contributed by atoms with E-state index in [1.807, 2.05) is 43.6 Å². The van der Waals surface area contributed by atoms with E-state index in [0.29, 0.717) is 19.0 Å². The van der Waals surface area contributed by atoms with E-state index in [2.05, 4.69) is 30.3 Å². The van der Waals surface area contributed by atoms with Crippen LogP contribution in [0.25, 0.3) is 11.3 Å². The largest absolute Gasteiger partial charge is 0.487 e. The Morgan fingerprint density at radius 3 is 2.72 bits per heavy atom. The van der Waals surface area contributed by atoms with Gasteiger partial charge in [0.1, 0.15) is 17.0 Å². The lowest BCUT2D eigenvalue weighted by molar-refractivity contribution is -0.0272. The van der Waals surface area contributed by atoms with Crippen LogP contribution in [-0.4, -0.2) is 59.2 Å². The van der Waals surface area contributed by atoms with Gasteiger partial charge in [0.25, 0.3) is 0 Å². The second-order valence-corrected chi connectivity index (χ2v) is 12.4. The summed E-state index contributed by atoms with van der Waals surface area (Å²) in [6, 6.07) is 10.8. The molecule has 1 atom stereocenters. The van der Waals surface area contributed by atoms with Crippen LogP contribution >= 0.6 is 11.8 Å². The van der Waals surface area contributed by atoms with Crippen molar-refractivity contribution in [2.75, 3.05) is 32.1 Å². The van der Waals surface area contributed by atoms with Gasteiger partial charge in [0.15, 0.2) is 0 Å². The van der Waals surface area contributed by atoms with Gasteiger partial charge >= 0.3 is 6.09 Å². The highest BCUT2D eigenvalue weighted by atomic mass is 32.2. The molecule has 2 saturated heterocycles. The maximum absolute atomic E-state index is 12.4. The van der Waals surface area contributed by atoms with E-state index in [9.17, 15) is 4.79 Å². The number of amides is 1.